The summed E-state index contributed by atoms with van der Waals surface area (Å²) in [5, 5.41) is 3.71. The van der Waals surface area contributed by atoms with Gasteiger partial charge in [0.25, 0.3) is 0 Å². The lowest BCUT2D eigenvalue weighted by atomic mass is 9.99. The van der Waals surface area contributed by atoms with Crippen LogP contribution >= 0.6 is 11.8 Å². The Morgan fingerprint density at radius 1 is 1.13 bits per heavy atom. The minimum absolute atomic E-state index is 0.718. The molecular formula is C13H29NS. The third kappa shape index (κ3) is 8.15. The van der Waals surface area contributed by atoms with Crippen LogP contribution in [0, 0.1) is 5.92 Å². The molecule has 0 aliphatic rings. The largest absolute Gasteiger partial charge is 0.313 e. The van der Waals surface area contributed by atoms with Crippen molar-refractivity contribution in [2.45, 2.75) is 58.9 Å². The summed E-state index contributed by atoms with van der Waals surface area (Å²) in [6.45, 7) is 8.09. The Bertz CT molecular complexity index is 128. The summed E-state index contributed by atoms with van der Waals surface area (Å²) in [6, 6.07) is 0.718. The van der Waals surface area contributed by atoms with E-state index in [1.807, 2.05) is 11.8 Å². The monoisotopic (exact) mass is 231 g/mol. The first-order valence-corrected chi connectivity index (χ1v) is 7.90. The predicted molar refractivity (Wildman–Crippen MR) is 73.8 cm³/mol. The van der Waals surface area contributed by atoms with Crippen molar-refractivity contribution >= 4 is 11.8 Å². The molecule has 15 heavy (non-hydrogen) atoms. The zero-order valence-corrected chi connectivity index (χ0v) is 11.8. The van der Waals surface area contributed by atoms with Gasteiger partial charge in [-0.05, 0) is 31.6 Å². The molecule has 0 aromatic rings. The van der Waals surface area contributed by atoms with Crippen molar-refractivity contribution < 1.29 is 0 Å². The molecule has 2 atom stereocenters. The van der Waals surface area contributed by atoms with E-state index in [4.69, 9.17) is 0 Å². The Labute approximate surface area is 101 Å². The van der Waals surface area contributed by atoms with E-state index in [0.717, 1.165) is 12.0 Å². The second-order valence-electron chi connectivity index (χ2n) is 4.39. The molecule has 0 radical (unpaired) electrons. The van der Waals surface area contributed by atoms with Gasteiger partial charge in [0.15, 0.2) is 0 Å². The van der Waals surface area contributed by atoms with Crippen LogP contribution in [0.4, 0.5) is 0 Å². The van der Waals surface area contributed by atoms with Gasteiger partial charge in [-0.3, -0.25) is 0 Å². The van der Waals surface area contributed by atoms with Crippen LogP contribution in [0.15, 0.2) is 0 Å². The first kappa shape index (κ1) is 15.3. The van der Waals surface area contributed by atoms with Crippen LogP contribution in [0.25, 0.3) is 0 Å². The van der Waals surface area contributed by atoms with Gasteiger partial charge in [-0.15, -0.1) is 0 Å². The second kappa shape index (κ2) is 10.8. The molecule has 0 aromatic carbocycles. The molecule has 2 unspecified atom stereocenters. The molecule has 1 N–H and O–H groups in total. The van der Waals surface area contributed by atoms with Crippen molar-refractivity contribution in [2.24, 2.45) is 5.92 Å². The summed E-state index contributed by atoms with van der Waals surface area (Å²) >= 11 is 1.95. The minimum Gasteiger partial charge on any atom is -0.313 e. The Balaban J connectivity index is 3.66. The van der Waals surface area contributed by atoms with Gasteiger partial charge in [0.1, 0.15) is 0 Å². The number of thioether (sulfide) groups is 1. The van der Waals surface area contributed by atoms with Gasteiger partial charge in [-0.2, -0.15) is 11.8 Å². The van der Waals surface area contributed by atoms with Crippen molar-refractivity contribution in [3.63, 3.8) is 0 Å². The molecule has 0 amide bonds. The van der Waals surface area contributed by atoms with Crippen LogP contribution in [0.5, 0.6) is 0 Å². The highest BCUT2D eigenvalue weighted by Crippen LogP contribution is 2.12. The van der Waals surface area contributed by atoms with E-state index in [1.165, 1.54) is 44.4 Å². The average Bonchev–Trinajstić information content (AvgIpc) is 2.27. The van der Waals surface area contributed by atoms with Gasteiger partial charge in [0.2, 0.25) is 0 Å². The topological polar surface area (TPSA) is 12.0 Å². The molecule has 0 aromatic heterocycles. The quantitative estimate of drug-likeness (QED) is 0.611. The first-order valence-electron chi connectivity index (χ1n) is 6.50. The van der Waals surface area contributed by atoms with E-state index in [1.54, 1.807) is 0 Å². The van der Waals surface area contributed by atoms with Gasteiger partial charge in [0.05, 0.1) is 0 Å². The van der Waals surface area contributed by atoms with Crippen LogP contribution in [0.1, 0.15) is 52.9 Å². The fraction of sp³-hybridized carbons (Fsp3) is 1.00. The Morgan fingerprint density at radius 2 is 1.87 bits per heavy atom. The highest BCUT2D eigenvalue weighted by atomic mass is 32.2. The summed E-state index contributed by atoms with van der Waals surface area (Å²) in [6.07, 6.45) is 8.89. The molecule has 1 nitrogen and oxygen atoms in total. The zero-order valence-electron chi connectivity index (χ0n) is 11.0. The highest BCUT2D eigenvalue weighted by molar-refractivity contribution is 7.98. The summed E-state index contributed by atoms with van der Waals surface area (Å²) in [5.74, 6) is 2.14. The lowest BCUT2D eigenvalue weighted by molar-refractivity contribution is 0.394. The van der Waals surface area contributed by atoms with Crippen LogP contribution < -0.4 is 5.32 Å². The molecule has 0 aliphatic heterocycles. The van der Waals surface area contributed by atoms with Gasteiger partial charge >= 0.3 is 0 Å². The third-order valence-corrected chi connectivity index (χ3v) is 3.83. The molecule has 0 heterocycles. The average molecular weight is 231 g/mol. The minimum atomic E-state index is 0.718. The Morgan fingerprint density at radius 3 is 2.33 bits per heavy atom. The number of hydrogen-bond donors (Lipinski definition) is 1. The van der Waals surface area contributed by atoms with E-state index in [-0.39, 0.29) is 0 Å². The van der Waals surface area contributed by atoms with Gasteiger partial charge < -0.3 is 5.32 Å². The van der Waals surface area contributed by atoms with Gasteiger partial charge in [0, 0.05) is 11.8 Å². The fourth-order valence-corrected chi connectivity index (χ4v) is 2.55. The summed E-state index contributed by atoms with van der Waals surface area (Å²) < 4.78 is 0. The molecule has 0 saturated heterocycles. The van der Waals surface area contributed by atoms with E-state index < -0.39 is 0 Å². The molecule has 92 valence electrons. The van der Waals surface area contributed by atoms with Crippen LogP contribution in [-0.2, 0) is 0 Å². The Hall–Kier alpha value is 0.310. The number of unbranched alkanes of at least 4 members (excludes halogenated alkanes) is 1. The van der Waals surface area contributed by atoms with Crippen molar-refractivity contribution in [3.8, 4) is 0 Å². The van der Waals surface area contributed by atoms with Crippen LogP contribution in [0.3, 0.4) is 0 Å². The number of nitrogens with one attached hydrogen (secondary N) is 1. The lowest BCUT2D eigenvalue weighted by Gasteiger charge is -2.20. The highest BCUT2D eigenvalue weighted by Gasteiger charge is 2.09. The number of rotatable bonds is 10. The molecule has 0 spiro atoms. The van der Waals surface area contributed by atoms with Crippen molar-refractivity contribution in [3.05, 3.63) is 0 Å². The van der Waals surface area contributed by atoms with Crippen LogP contribution in [-0.4, -0.2) is 24.6 Å². The molecule has 0 bridgehead atoms. The lowest BCUT2D eigenvalue weighted by Crippen LogP contribution is -2.34. The van der Waals surface area contributed by atoms with Gasteiger partial charge in [-0.25, -0.2) is 0 Å². The maximum absolute atomic E-state index is 3.71. The molecule has 0 rings (SSSR count). The zero-order chi connectivity index (χ0) is 11.5. The summed E-state index contributed by atoms with van der Waals surface area (Å²) in [5.41, 5.74) is 0. The second-order valence-corrected chi connectivity index (χ2v) is 5.30. The van der Waals surface area contributed by atoms with Gasteiger partial charge in [-0.1, -0.05) is 40.0 Å². The first-order chi connectivity index (χ1) is 7.28. The van der Waals surface area contributed by atoms with Crippen molar-refractivity contribution in [2.75, 3.05) is 18.6 Å². The van der Waals surface area contributed by atoms with E-state index >= 15 is 0 Å². The predicted octanol–water partition coefficient (Wildman–Crippen LogP) is 3.93. The fourth-order valence-electron chi connectivity index (χ4n) is 1.80. The van der Waals surface area contributed by atoms with Crippen molar-refractivity contribution in [1.29, 1.82) is 0 Å². The summed E-state index contributed by atoms with van der Waals surface area (Å²) in [7, 11) is 0. The van der Waals surface area contributed by atoms with E-state index in [0.29, 0.717) is 0 Å². The third-order valence-electron chi connectivity index (χ3n) is 3.10. The maximum atomic E-state index is 3.71. The molecule has 0 saturated carbocycles. The smallest absolute Gasteiger partial charge is 0.0155 e. The van der Waals surface area contributed by atoms with E-state index in [9.17, 15) is 0 Å². The number of hydrogen-bond acceptors (Lipinski definition) is 2. The molecule has 0 fully saturated rings. The standard InChI is InChI=1S/C13H29NS/c1-5-8-9-12(6-2)10-14-13(7-3)11-15-4/h12-14H,5-11H2,1-4H3. The Kier molecular flexibility index (Phi) is 11.0. The van der Waals surface area contributed by atoms with Crippen LogP contribution in [0.2, 0.25) is 0 Å². The molecule has 2 heteroatoms. The normalized spacial score (nSPS) is 15.2. The molecular weight excluding hydrogens is 202 g/mol. The van der Waals surface area contributed by atoms with E-state index in [2.05, 4.69) is 32.3 Å². The SMILES string of the molecule is CCCCC(CC)CNC(CC)CSC. The van der Waals surface area contributed by atoms with Crippen molar-refractivity contribution in [1.82, 2.24) is 5.32 Å². The molecule has 0 aliphatic carbocycles. The maximum Gasteiger partial charge on any atom is 0.0155 e. The summed E-state index contributed by atoms with van der Waals surface area (Å²) in [4.78, 5) is 0.